The number of aromatic carboxylic acids is 1. The predicted molar refractivity (Wildman–Crippen MR) is 131 cm³/mol. The zero-order valence-electron chi connectivity index (χ0n) is 20.2. The second kappa shape index (κ2) is 10.9. The van der Waals surface area contributed by atoms with Crippen LogP contribution in [0.4, 0.5) is 10.1 Å². The molecule has 192 valence electrons. The highest BCUT2D eigenvalue weighted by Crippen LogP contribution is 2.35. The lowest BCUT2D eigenvalue weighted by molar-refractivity contribution is -0.115. The van der Waals surface area contributed by atoms with Crippen LogP contribution in [0.1, 0.15) is 43.2 Å². The number of nitrogens with zero attached hydrogens (tertiary/aromatic N) is 2. The molecule has 10 nitrogen and oxygen atoms in total. The van der Waals surface area contributed by atoms with E-state index in [0.717, 1.165) is 4.68 Å². The first kappa shape index (κ1) is 26.8. The lowest BCUT2D eigenvalue weighted by Gasteiger charge is -2.16. The fourth-order valence-electron chi connectivity index (χ4n) is 3.15. The smallest absolute Gasteiger partial charge is 0.356 e. The van der Waals surface area contributed by atoms with E-state index < -0.39 is 21.8 Å². The van der Waals surface area contributed by atoms with Gasteiger partial charge in [0.25, 0.3) is 0 Å². The molecule has 0 atom stereocenters. The van der Waals surface area contributed by atoms with Gasteiger partial charge in [-0.15, -0.1) is 0 Å². The van der Waals surface area contributed by atoms with Gasteiger partial charge in [0.05, 0.1) is 5.69 Å². The Labute approximate surface area is 208 Å². The molecule has 0 bridgehead atoms. The number of sulfonamides is 1. The second-order valence-corrected chi connectivity index (χ2v) is 10.1. The lowest BCUT2D eigenvalue weighted by atomic mass is 10.2. The normalized spacial score (nSPS) is 11.5. The zero-order chi connectivity index (χ0) is 26.6. The van der Waals surface area contributed by atoms with Crippen molar-refractivity contribution in [1.82, 2.24) is 14.5 Å². The van der Waals surface area contributed by atoms with Gasteiger partial charge in [-0.2, -0.15) is 9.78 Å². The number of carbonyl (C=O) groups is 2. The molecule has 0 aliphatic heterocycles. The van der Waals surface area contributed by atoms with Crippen LogP contribution >= 0.6 is 0 Å². The third kappa shape index (κ3) is 6.07. The van der Waals surface area contributed by atoms with Gasteiger partial charge < -0.3 is 15.2 Å². The van der Waals surface area contributed by atoms with Crippen molar-refractivity contribution in [3.05, 3.63) is 59.5 Å². The average Bonchev–Trinajstić information content (AvgIpc) is 3.15. The highest BCUT2D eigenvalue weighted by Gasteiger charge is 2.26. The largest absolute Gasteiger partial charge is 0.476 e. The summed E-state index contributed by atoms with van der Waals surface area (Å²) in [6.45, 7) is 6.97. The summed E-state index contributed by atoms with van der Waals surface area (Å²) in [7, 11) is -4.10. The predicted octanol–water partition coefficient (Wildman–Crippen LogP) is 4.09. The number of carboxylic acids is 1. The number of anilines is 1. The van der Waals surface area contributed by atoms with Crippen LogP contribution in [0, 0.1) is 18.7 Å². The van der Waals surface area contributed by atoms with Crippen molar-refractivity contribution in [2.24, 2.45) is 5.92 Å². The van der Waals surface area contributed by atoms with E-state index in [0.29, 0.717) is 5.69 Å². The number of hydrogen-bond acceptors (Lipinski definition) is 6. The summed E-state index contributed by atoms with van der Waals surface area (Å²) in [6, 6.07) is 9.20. The zero-order valence-corrected chi connectivity index (χ0v) is 21.0. The summed E-state index contributed by atoms with van der Waals surface area (Å²) in [5.74, 6) is -2.29. The Balaban J connectivity index is 2.15. The van der Waals surface area contributed by atoms with Gasteiger partial charge in [0.15, 0.2) is 5.69 Å². The Hall–Kier alpha value is -3.77. The van der Waals surface area contributed by atoms with Gasteiger partial charge >= 0.3 is 5.97 Å². The van der Waals surface area contributed by atoms with Gasteiger partial charge in [-0.05, 0) is 55.3 Å². The third-order valence-corrected chi connectivity index (χ3v) is 6.51. The standard InChI is InChI=1S/C24H27FN4O6S/c1-5-21(30)27-17-8-11-19(20(12-17)36(33,34)26-13-14(2)3)35-23-15(4)22(24(31)32)28-29(23)18-9-6-16(25)7-10-18/h6-12,14,26H,5,13H2,1-4H3,(H,27,30)(H,31,32). The van der Waals surface area contributed by atoms with Gasteiger partial charge in [0, 0.05) is 24.2 Å². The summed E-state index contributed by atoms with van der Waals surface area (Å²) in [4.78, 5) is 23.3. The summed E-state index contributed by atoms with van der Waals surface area (Å²) in [6.07, 6.45) is 0.194. The molecule has 0 radical (unpaired) electrons. The van der Waals surface area contributed by atoms with Crippen molar-refractivity contribution in [1.29, 1.82) is 0 Å². The summed E-state index contributed by atoms with van der Waals surface area (Å²) in [5, 5.41) is 16.3. The maximum Gasteiger partial charge on any atom is 0.356 e. The molecule has 0 unspecified atom stereocenters. The van der Waals surface area contributed by atoms with Crippen molar-refractivity contribution < 1.29 is 32.2 Å². The van der Waals surface area contributed by atoms with Crippen molar-refractivity contribution in [2.75, 3.05) is 11.9 Å². The molecule has 0 spiro atoms. The van der Waals surface area contributed by atoms with Crippen LogP contribution in [0.2, 0.25) is 0 Å². The van der Waals surface area contributed by atoms with Crippen LogP contribution in [0.3, 0.4) is 0 Å². The monoisotopic (exact) mass is 518 g/mol. The Morgan fingerprint density at radius 3 is 2.42 bits per heavy atom. The first-order chi connectivity index (χ1) is 16.9. The SMILES string of the molecule is CCC(=O)Nc1ccc(Oc2c(C)c(C(=O)O)nn2-c2ccc(F)cc2)c(S(=O)(=O)NCC(C)C)c1. The van der Waals surface area contributed by atoms with E-state index in [2.05, 4.69) is 15.1 Å². The van der Waals surface area contributed by atoms with E-state index in [1.165, 1.54) is 49.4 Å². The summed E-state index contributed by atoms with van der Waals surface area (Å²) < 4.78 is 49.5. The Kier molecular flexibility index (Phi) is 8.10. The van der Waals surface area contributed by atoms with Gasteiger partial charge in [0.1, 0.15) is 16.5 Å². The number of nitrogens with one attached hydrogen (secondary N) is 2. The highest BCUT2D eigenvalue weighted by atomic mass is 32.2. The molecule has 36 heavy (non-hydrogen) atoms. The molecule has 1 heterocycles. The molecular formula is C24H27FN4O6S. The molecular weight excluding hydrogens is 491 g/mol. The van der Waals surface area contributed by atoms with Crippen molar-refractivity contribution in [3.8, 4) is 17.3 Å². The molecule has 12 heteroatoms. The van der Waals surface area contributed by atoms with Crippen molar-refractivity contribution in [3.63, 3.8) is 0 Å². The lowest BCUT2D eigenvalue weighted by Crippen LogP contribution is -2.28. The minimum absolute atomic E-state index is 0.0207. The molecule has 1 amide bonds. The van der Waals surface area contributed by atoms with Gasteiger partial charge in [-0.3, -0.25) is 4.79 Å². The van der Waals surface area contributed by atoms with Gasteiger partial charge in [-0.25, -0.2) is 22.3 Å². The first-order valence-corrected chi connectivity index (χ1v) is 12.6. The van der Waals surface area contributed by atoms with Crippen molar-refractivity contribution in [2.45, 2.75) is 39.0 Å². The molecule has 0 aliphatic rings. The highest BCUT2D eigenvalue weighted by molar-refractivity contribution is 7.89. The molecule has 0 fully saturated rings. The number of carboxylic acid groups (broad SMARTS) is 1. The molecule has 3 aromatic rings. The average molecular weight is 519 g/mol. The fourth-order valence-corrected chi connectivity index (χ4v) is 4.51. The maximum atomic E-state index is 13.5. The number of aromatic nitrogens is 2. The van der Waals surface area contributed by atoms with Crippen LogP contribution in [0.25, 0.3) is 5.69 Å². The molecule has 0 saturated carbocycles. The fraction of sp³-hybridized carbons (Fsp3) is 0.292. The number of amides is 1. The topological polar surface area (TPSA) is 140 Å². The van der Waals surface area contributed by atoms with Crippen LogP contribution in [0.15, 0.2) is 47.4 Å². The number of rotatable bonds is 10. The van der Waals surface area contributed by atoms with Crippen LogP contribution in [0.5, 0.6) is 11.6 Å². The quantitative estimate of drug-likeness (QED) is 0.367. The Morgan fingerprint density at radius 2 is 1.83 bits per heavy atom. The summed E-state index contributed by atoms with van der Waals surface area (Å²) in [5.41, 5.74) is 0.363. The molecule has 0 aliphatic carbocycles. The summed E-state index contributed by atoms with van der Waals surface area (Å²) >= 11 is 0. The number of halogens is 1. The third-order valence-electron chi connectivity index (χ3n) is 5.07. The van der Waals surface area contributed by atoms with Crippen LogP contribution in [-0.2, 0) is 14.8 Å². The molecule has 0 saturated heterocycles. The Bertz CT molecular complexity index is 1380. The molecule has 2 aromatic carbocycles. The van der Waals surface area contributed by atoms with Crippen LogP contribution in [-0.4, -0.2) is 41.7 Å². The maximum absolute atomic E-state index is 13.5. The number of ether oxygens (including phenoxy) is 1. The van der Waals surface area contributed by atoms with E-state index in [4.69, 9.17) is 4.74 Å². The molecule has 3 rings (SSSR count). The minimum atomic E-state index is -4.10. The van der Waals surface area contributed by atoms with E-state index in [1.807, 2.05) is 13.8 Å². The van der Waals surface area contributed by atoms with Gasteiger partial charge in [-0.1, -0.05) is 20.8 Å². The number of hydrogen-bond donors (Lipinski definition) is 3. The van der Waals surface area contributed by atoms with E-state index in [1.54, 1.807) is 6.92 Å². The van der Waals surface area contributed by atoms with Gasteiger partial charge in [0.2, 0.25) is 21.8 Å². The molecule has 1 aromatic heterocycles. The van der Waals surface area contributed by atoms with E-state index in [-0.39, 0.29) is 58.3 Å². The Morgan fingerprint density at radius 1 is 1.17 bits per heavy atom. The van der Waals surface area contributed by atoms with Crippen LogP contribution < -0.4 is 14.8 Å². The van der Waals surface area contributed by atoms with Crippen molar-refractivity contribution >= 4 is 27.6 Å². The number of benzene rings is 2. The number of carbonyl (C=O) groups excluding carboxylic acids is 1. The van der Waals surface area contributed by atoms with E-state index in [9.17, 15) is 27.5 Å². The minimum Gasteiger partial charge on any atom is -0.476 e. The first-order valence-electron chi connectivity index (χ1n) is 11.1. The van der Waals surface area contributed by atoms with E-state index >= 15 is 0 Å². The second-order valence-electron chi connectivity index (χ2n) is 8.38. The molecule has 3 N–H and O–H groups in total.